The van der Waals surface area contributed by atoms with Crippen molar-refractivity contribution in [3.8, 4) is 0 Å². The zero-order valence-corrected chi connectivity index (χ0v) is 16.6. The highest BCUT2D eigenvalue weighted by Crippen LogP contribution is 2.43. The summed E-state index contributed by atoms with van der Waals surface area (Å²) in [7, 11) is 4.16. The Balaban J connectivity index is 2.20. The summed E-state index contributed by atoms with van der Waals surface area (Å²) in [6.07, 6.45) is 4.96. The number of aliphatic hydroxyl groups is 1. The topological polar surface area (TPSA) is 32.7 Å². The van der Waals surface area contributed by atoms with E-state index in [-0.39, 0.29) is 12.0 Å². The molecule has 2 rings (SSSR count). The van der Waals surface area contributed by atoms with Crippen LogP contribution in [0.15, 0.2) is 29.2 Å². The molecule has 1 aliphatic carbocycles. The first-order valence-corrected chi connectivity index (χ1v) is 10.2. The van der Waals surface area contributed by atoms with Crippen molar-refractivity contribution in [3.05, 3.63) is 29.8 Å². The summed E-state index contributed by atoms with van der Waals surface area (Å²) in [4.78, 5) is 3.39. The van der Waals surface area contributed by atoms with Crippen LogP contribution in [0.1, 0.15) is 38.7 Å². The van der Waals surface area contributed by atoms with Crippen LogP contribution in [-0.2, 0) is 10.3 Å². The Bertz CT molecular complexity index is 520. The Kier molecular flexibility index (Phi) is 7.17. The first-order chi connectivity index (χ1) is 11.3. The number of rotatable bonds is 7. The van der Waals surface area contributed by atoms with Gasteiger partial charge in [0.05, 0.1) is 11.7 Å². The Hall–Kier alpha value is -0.550. The maximum atomic E-state index is 11.6. The van der Waals surface area contributed by atoms with Gasteiger partial charge in [-0.2, -0.15) is 0 Å². The molecule has 3 atom stereocenters. The predicted octanol–water partition coefficient (Wildman–Crippen LogP) is 4.00. The van der Waals surface area contributed by atoms with Crippen LogP contribution in [0.4, 0.5) is 0 Å². The molecule has 0 radical (unpaired) electrons. The van der Waals surface area contributed by atoms with Crippen molar-refractivity contribution in [2.24, 2.45) is 11.8 Å². The van der Waals surface area contributed by atoms with Gasteiger partial charge in [0.25, 0.3) is 0 Å². The molecule has 1 aromatic carbocycles. The highest BCUT2D eigenvalue weighted by Gasteiger charge is 2.43. The van der Waals surface area contributed by atoms with Gasteiger partial charge in [-0.3, -0.25) is 0 Å². The molecule has 1 aliphatic rings. The number of hydrogen-bond donors (Lipinski definition) is 1. The molecule has 1 N–H and O–H groups in total. The number of ether oxygens (including phenoxy) is 1. The van der Waals surface area contributed by atoms with Crippen molar-refractivity contribution < 1.29 is 9.84 Å². The fraction of sp³-hybridized carbons (Fsp3) is 0.700. The summed E-state index contributed by atoms with van der Waals surface area (Å²) >= 11 is 1.73. The van der Waals surface area contributed by atoms with E-state index in [1.807, 2.05) is 0 Å². The van der Waals surface area contributed by atoms with Crippen molar-refractivity contribution in [2.45, 2.75) is 49.7 Å². The minimum Gasteiger partial charge on any atom is -0.385 e. The van der Waals surface area contributed by atoms with Crippen molar-refractivity contribution >= 4 is 11.8 Å². The summed E-state index contributed by atoms with van der Waals surface area (Å²) in [6.45, 7) is 6.05. The minimum absolute atomic E-state index is 0.190. The molecule has 0 spiro atoms. The van der Waals surface area contributed by atoms with Crippen molar-refractivity contribution in [1.29, 1.82) is 0 Å². The molecule has 1 saturated carbocycles. The number of nitrogens with zero attached hydrogens (tertiary/aromatic N) is 1. The lowest BCUT2D eigenvalue weighted by Gasteiger charge is -2.44. The fourth-order valence-electron chi connectivity index (χ4n) is 3.63. The van der Waals surface area contributed by atoms with E-state index in [0.29, 0.717) is 5.92 Å². The summed E-state index contributed by atoms with van der Waals surface area (Å²) in [5, 5.41) is 11.6. The first-order valence-electron chi connectivity index (χ1n) is 8.98. The van der Waals surface area contributed by atoms with Crippen LogP contribution in [-0.4, -0.2) is 49.6 Å². The monoisotopic (exact) mass is 351 g/mol. The summed E-state index contributed by atoms with van der Waals surface area (Å²) < 4.78 is 6.10. The lowest BCUT2D eigenvalue weighted by atomic mass is 9.70. The van der Waals surface area contributed by atoms with E-state index < -0.39 is 5.60 Å². The molecule has 1 fully saturated rings. The number of benzene rings is 1. The third kappa shape index (κ3) is 4.98. The predicted molar refractivity (Wildman–Crippen MR) is 103 cm³/mol. The summed E-state index contributed by atoms with van der Waals surface area (Å²) in [6, 6.07) is 8.41. The van der Waals surface area contributed by atoms with E-state index in [9.17, 15) is 5.11 Å². The molecule has 4 heteroatoms. The highest BCUT2D eigenvalue weighted by atomic mass is 32.2. The SMILES string of the molecule is CSc1cccc(C2(O)CCC(OCC(C)C)CC2CN(C)C)c1. The Morgan fingerprint density at radius 2 is 2.12 bits per heavy atom. The van der Waals surface area contributed by atoms with Gasteiger partial charge >= 0.3 is 0 Å². The van der Waals surface area contributed by atoms with Crippen LogP contribution in [0, 0.1) is 11.8 Å². The van der Waals surface area contributed by atoms with Gasteiger partial charge in [-0.05, 0) is 63.2 Å². The highest BCUT2D eigenvalue weighted by molar-refractivity contribution is 7.98. The number of hydrogen-bond acceptors (Lipinski definition) is 4. The van der Waals surface area contributed by atoms with E-state index in [1.165, 1.54) is 4.90 Å². The first kappa shape index (κ1) is 19.8. The second-order valence-electron chi connectivity index (χ2n) is 7.74. The third-order valence-electron chi connectivity index (χ3n) is 4.89. The summed E-state index contributed by atoms with van der Waals surface area (Å²) in [5.74, 6) is 0.742. The maximum absolute atomic E-state index is 11.6. The fourth-order valence-corrected chi connectivity index (χ4v) is 4.09. The average Bonchev–Trinajstić information content (AvgIpc) is 2.55. The van der Waals surface area contributed by atoms with Crippen LogP contribution >= 0.6 is 11.8 Å². The molecular formula is C20H33NO2S. The molecule has 0 saturated heterocycles. The molecule has 0 amide bonds. The van der Waals surface area contributed by atoms with Crippen LogP contribution in [0.2, 0.25) is 0 Å². The maximum Gasteiger partial charge on any atom is 0.0939 e. The molecule has 0 heterocycles. The Morgan fingerprint density at radius 1 is 1.38 bits per heavy atom. The molecule has 136 valence electrons. The quantitative estimate of drug-likeness (QED) is 0.753. The Labute approximate surface area is 151 Å². The van der Waals surface area contributed by atoms with E-state index >= 15 is 0 Å². The lowest BCUT2D eigenvalue weighted by Crippen LogP contribution is -2.47. The molecule has 24 heavy (non-hydrogen) atoms. The van der Waals surface area contributed by atoms with Crippen LogP contribution in [0.5, 0.6) is 0 Å². The van der Waals surface area contributed by atoms with E-state index in [0.717, 1.165) is 38.0 Å². The smallest absolute Gasteiger partial charge is 0.0939 e. The zero-order chi connectivity index (χ0) is 17.7. The van der Waals surface area contributed by atoms with Gasteiger partial charge in [-0.15, -0.1) is 11.8 Å². The van der Waals surface area contributed by atoms with E-state index in [1.54, 1.807) is 11.8 Å². The van der Waals surface area contributed by atoms with Crippen molar-refractivity contribution in [1.82, 2.24) is 4.90 Å². The standard InChI is InChI=1S/C20H33NO2S/c1-15(2)14-23-18-9-10-20(22,17(11-18)13-21(3)4)16-7-6-8-19(12-16)24-5/h6-8,12,15,17-18,22H,9-11,13-14H2,1-5H3. The molecule has 0 aromatic heterocycles. The molecular weight excluding hydrogens is 318 g/mol. The van der Waals surface area contributed by atoms with Gasteiger partial charge in [0.1, 0.15) is 0 Å². The van der Waals surface area contributed by atoms with Gasteiger partial charge in [-0.25, -0.2) is 0 Å². The minimum atomic E-state index is -0.756. The van der Waals surface area contributed by atoms with Gasteiger partial charge in [0.2, 0.25) is 0 Å². The van der Waals surface area contributed by atoms with Gasteiger partial charge in [-0.1, -0.05) is 26.0 Å². The largest absolute Gasteiger partial charge is 0.385 e. The van der Waals surface area contributed by atoms with Gasteiger partial charge in [0, 0.05) is 24.0 Å². The Morgan fingerprint density at radius 3 is 2.75 bits per heavy atom. The van der Waals surface area contributed by atoms with Crippen molar-refractivity contribution in [2.75, 3.05) is 33.5 Å². The molecule has 3 nitrogen and oxygen atoms in total. The summed E-state index contributed by atoms with van der Waals surface area (Å²) in [5.41, 5.74) is 0.303. The zero-order valence-electron chi connectivity index (χ0n) is 15.8. The second kappa shape index (κ2) is 8.70. The van der Waals surface area contributed by atoms with Crippen LogP contribution < -0.4 is 0 Å². The van der Waals surface area contributed by atoms with Gasteiger partial charge in [0.15, 0.2) is 0 Å². The molecule has 3 unspecified atom stereocenters. The average molecular weight is 352 g/mol. The van der Waals surface area contributed by atoms with Crippen LogP contribution in [0.3, 0.4) is 0 Å². The normalized spacial score (nSPS) is 27.8. The number of thioether (sulfide) groups is 1. The molecule has 0 aliphatic heterocycles. The van der Waals surface area contributed by atoms with Crippen molar-refractivity contribution in [3.63, 3.8) is 0 Å². The third-order valence-corrected chi connectivity index (χ3v) is 5.62. The molecule has 0 bridgehead atoms. The van der Waals surface area contributed by atoms with E-state index in [4.69, 9.17) is 4.74 Å². The lowest BCUT2D eigenvalue weighted by molar-refractivity contribution is -0.110. The second-order valence-corrected chi connectivity index (χ2v) is 8.62. The van der Waals surface area contributed by atoms with Gasteiger partial charge < -0.3 is 14.7 Å². The van der Waals surface area contributed by atoms with Crippen LogP contribution in [0.25, 0.3) is 0 Å². The molecule has 1 aromatic rings. The van der Waals surface area contributed by atoms with E-state index in [2.05, 4.69) is 63.4 Å².